The van der Waals surface area contributed by atoms with Crippen molar-refractivity contribution in [2.24, 2.45) is 53.2 Å². The smallest absolute Gasteiger partial charge is 0.0868 e. The molecule has 0 radical (unpaired) electrons. The molecule has 5 atom stereocenters. The van der Waals surface area contributed by atoms with Crippen molar-refractivity contribution in [1.29, 1.82) is 0 Å². The topological polar surface area (TPSA) is 58.7 Å². The van der Waals surface area contributed by atoms with Gasteiger partial charge in [0.15, 0.2) is 0 Å². The van der Waals surface area contributed by atoms with Crippen molar-refractivity contribution < 1.29 is 9.94 Å². The molecule has 3 N–H and O–H groups in total. The van der Waals surface area contributed by atoms with Crippen molar-refractivity contribution >= 4 is 0 Å². The summed E-state index contributed by atoms with van der Waals surface area (Å²) in [5, 5.41) is 11.1. The van der Waals surface area contributed by atoms with E-state index in [1.54, 1.807) is 0 Å². The van der Waals surface area contributed by atoms with Gasteiger partial charge >= 0.3 is 0 Å². The lowest BCUT2D eigenvalue weighted by Gasteiger charge is -2.49. The number of nitrogens with zero attached hydrogens (tertiary/aromatic N) is 1. The summed E-state index contributed by atoms with van der Waals surface area (Å²) in [4.78, 5) is 8.90. The van der Waals surface area contributed by atoms with Crippen LogP contribution >= 0.6 is 0 Å². The van der Waals surface area contributed by atoms with Crippen LogP contribution in [0.15, 0.2) is 0 Å². The second kappa shape index (κ2) is 15.0. The van der Waals surface area contributed by atoms with E-state index in [-0.39, 0.29) is 18.1 Å². The molecule has 6 fully saturated rings. The van der Waals surface area contributed by atoms with E-state index in [9.17, 15) is 5.11 Å². The van der Waals surface area contributed by atoms with Gasteiger partial charge in [-0.05, 0) is 151 Å². The normalized spacial score (nSPS) is 46.2. The SMILES string of the molecule is CC1CCC(N(C2CCC(C)CC2)C2CCC(CC3CCC(C(ON)C4CC5CCCCC5CC4O)CC3)CC2)CC1. The Kier molecular flexibility index (Phi) is 11.3. The van der Waals surface area contributed by atoms with Crippen LogP contribution in [0.1, 0.15) is 162 Å². The molecule has 4 heteroatoms. The summed E-state index contributed by atoms with van der Waals surface area (Å²) in [6.45, 7) is 4.96. The van der Waals surface area contributed by atoms with E-state index in [4.69, 9.17) is 10.7 Å². The first-order chi connectivity index (χ1) is 20.5. The van der Waals surface area contributed by atoms with Gasteiger partial charge in [0.25, 0.3) is 0 Å². The third-order valence-corrected chi connectivity index (χ3v) is 14.3. The van der Waals surface area contributed by atoms with E-state index < -0.39 is 0 Å². The third-order valence-electron chi connectivity index (χ3n) is 14.3. The number of fused-ring (bicyclic) bond motifs is 1. The van der Waals surface area contributed by atoms with Crippen molar-refractivity contribution in [2.75, 3.05) is 0 Å². The van der Waals surface area contributed by atoms with E-state index in [1.165, 1.54) is 135 Å². The van der Waals surface area contributed by atoms with Gasteiger partial charge in [-0.1, -0.05) is 52.4 Å². The molecule has 5 unspecified atom stereocenters. The maximum atomic E-state index is 11.1. The lowest BCUT2D eigenvalue weighted by Crippen LogP contribution is -2.52. The second-order valence-electron chi connectivity index (χ2n) is 17.1. The van der Waals surface area contributed by atoms with Gasteiger partial charge in [0.05, 0.1) is 12.2 Å². The van der Waals surface area contributed by atoms with E-state index in [1.807, 2.05) is 0 Å². The van der Waals surface area contributed by atoms with Crippen LogP contribution in [-0.4, -0.2) is 40.3 Å². The zero-order valence-electron chi connectivity index (χ0n) is 27.6. The molecule has 0 amide bonds. The summed E-state index contributed by atoms with van der Waals surface area (Å²) in [7, 11) is 0. The third kappa shape index (κ3) is 7.61. The van der Waals surface area contributed by atoms with Gasteiger partial charge in [-0.3, -0.25) is 4.90 Å². The van der Waals surface area contributed by atoms with Crippen LogP contribution in [0.25, 0.3) is 0 Å². The molecular formula is C38H68N2O2. The molecule has 0 aromatic rings. The Balaban J connectivity index is 0.971. The summed E-state index contributed by atoms with van der Waals surface area (Å²) in [5.74, 6) is 12.1. The highest BCUT2D eigenvalue weighted by Crippen LogP contribution is 2.48. The lowest BCUT2D eigenvalue weighted by molar-refractivity contribution is -0.112. The summed E-state index contributed by atoms with van der Waals surface area (Å²) < 4.78 is 0. The standard InChI is InChI=1S/C38H68N2O2/c1-26-7-17-33(18-8-26)40(34-19-9-27(2)10-20-34)35-21-13-29(14-22-35)23-28-11-15-30(16-12-28)38(42-39)36-24-31-5-3-4-6-32(31)25-37(36)41/h26-38,41H,3-25,39H2,1-2H3. The van der Waals surface area contributed by atoms with Gasteiger partial charge in [-0.25, -0.2) is 5.90 Å². The molecule has 242 valence electrons. The van der Waals surface area contributed by atoms with E-state index in [0.717, 1.165) is 66.5 Å². The van der Waals surface area contributed by atoms with E-state index in [0.29, 0.717) is 5.92 Å². The molecule has 0 spiro atoms. The number of aliphatic hydroxyl groups is 1. The molecule has 0 aliphatic heterocycles. The molecule has 0 bridgehead atoms. The first-order valence-corrected chi connectivity index (χ1v) is 19.3. The molecule has 0 aromatic heterocycles. The zero-order valence-corrected chi connectivity index (χ0v) is 27.6. The molecule has 0 heterocycles. The van der Waals surface area contributed by atoms with Crippen LogP contribution in [0.4, 0.5) is 0 Å². The molecule has 0 saturated heterocycles. The van der Waals surface area contributed by atoms with E-state index >= 15 is 0 Å². The number of hydrogen-bond acceptors (Lipinski definition) is 4. The van der Waals surface area contributed by atoms with Gasteiger partial charge in [-0.15, -0.1) is 0 Å². The second-order valence-corrected chi connectivity index (χ2v) is 17.1. The van der Waals surface area contributed by atoms with Crippen molar-refractivity contribution in [3.8, 4) is 0 Å². The van der Waals surface area contributed by atoms with Gasteiger partial charge in [0.2, 0.25) is 0 Å². The average Bonchev–Trinajstić information content (AvgIpc) is 3.01. The van der Waals surface area contributed by atoms with Crippen LogP contribution in [0.3, 0.4) is 0 Å². The maximum Gasteiger partial charge on any atom is 0.0868 e. The Hall–Kier alpha value is -0.160. The molecular weight excluding hydrogens is 516 g/mol. The van der Waals surface area contributed by atoms with Crippen molar-refractivity contribution in [2.45, 2.75) is 192 Å². The molecule has 42 heavy (non-hydrogen) atoms. The summed E-state index contributed by atoms with van der Waals surface area (Å²) in [5.41, 5.74) is 0. The largest absolute Gasteiger partial charge is 0.393 e. The highest BCUT2D eigenvalue weighted by Gasteiger charge is 2.44. The van der Waals surface area contributed by atoms with Crippen molar-refractivity contribution in [1.82, 2.24) is 4.90 Å². The fourth-order valence-corrected chi connectivity index (χ4v) is 11.7. The van der Waals surface area contributed by atoms with Gasteiger partial charge in [-0.2, -0.15) is 0 Å². The first-order valence-electron chi connectivity index (χ1n) is 19.3. The minimum atomic E-state index is -0.209. The summed E-state index contributed by atoms with van der Waals surface area (Å²) in [6.07, 6.45) is 31.6. The minimum Gasteiger partial charge on any atom is -0.393 e. The first kappa shape index (κ1) is 31.8. The highest BCUT2D eigenvalue weighted by molar-refractivity contribution is 4.95. The molecule has 6 rings (SSSR count). The summed E-state index contributed by atoms with van der Waals surface area (Å²) in [6, 6.07) is 2.61. The molecule has 6 saturated carbocycles. The van der Waals surface area contributed by atoms with E-state index in [2.05, 4.69) is 18.7 Å². The highest BCUT2D eigenvalue weighted by atomic mass is 16.6. The van der Waals surface area contributed by atoms with Crippen LogP contribution in [0, 0.1) is 47.3 Å². The van der Waals surface area contributed by atoms with Crippen LogP contribution in [0.5, 0.6) is 0 Å². The fraction of sp³-hybridized carbons (Fsp3) is 1.00. The Morgan fingerprint density at radius 3 is 1.57 bits per heavy atom. The van der Waals surface area contributed by atoms with Crippen LogP contribution in [0.2, 0.25) is 0 Å². The van der Waals surface area contributed by atoms with Crippen LogP contribution in [-0.2, 0) is 4.84 Å². The van der Waals surface area contributed by atoms with Gasteiger partial charge in [0, 0.05) is 24.0 Å². The maximum absolute atomic E-state index is 11.1. The van der Waals surface area contributed by atoms with Crippen molar-refractivity contribution in [3.05, 3.63) is 0 Å². The monoisotopic (exact) mass is 585 g/mol. The Morgan fingerprint density at radius 2 is 1.07 bits per heavy atom. The fourth-order valence-electron chi connectivity index (χ4n) is 11.7. The quantitative estimate of drug-likeness (QED) is 0.279. The Bertz CT molecular complexity index is 767. The Labute approximate surface area is 259 Å². The van der Waals surface area contributed by atoms with Crippen LogP contribution < -0.4 is 5.90 Å². The molecule has 6 aliphatic rings. The minimum absolute atomic E-state index is 0.0656. The molecule has 0 aromatic carbocycles. The molecule has 6 aliphatic carbocycles. The number of rotatable bonds is 8. The molecule has 4 nitrogen and oxygen atoms in total. The lowest BCUT2D eigenvalue weighted by atomic mass is 9.63. The predicted molar refractivity (Wildman–Crippen MR) is 174 cm³/mol. The number of hydrogen-bond donors (Lipinski definition) is 2. The Morgan fingerprint density at radius 1 is 0.619 bits per heavy atom. The summed E-state index contributed by atoms with van der Waals surface area (Å²) >= 11 is 0. The average molecular weight is 585 g/mol. The van der Waals surface area contributed by atoms with Gasteiger partial charge in [0.1, 0.15) is 0 Å². The number of nitrogens with two attached hydrogens (primary N) is 1. The van der Waals surface area contributed by atoms with Crippen molar-refractivity contribution in [3.63, 3.8) is 0 Å². The number of aliphatic hydroxyl groups excluding tert-OH is 1. The zero-order chi connectivity index (χ0) is 29.1. The predicted octanol–water partition coefficient (Wildman–Crippen LogP) is 9.04. The van der Waals surface area contributed by atoms with Gasteiger partial charge < -0.3 is 9.94 Å².